The average molecular weight is 370 g/mol. The molecular formula is C22H31N3O2. The van der Waals surface area contributed by atoms with Crippen LogP contribution in [0.15, 0.2) is 29.1 Å². The van der Waals surface area contributed by atoms with Crippen LogP contribution in [0, 0.1) is 5.92 Å². The first-order valence-electron chi connectivity index (χ1n) is 10.2. The fraction of sp³-hybridized carbons (Fsp3) is 0.545. The van der Waals surface area contributed by atoms with Gasteiger partial charge in [-0.15, -0.1) is 0 Å². The van der Waals surface area contributed by atoms with Crippen molar-refractivity contribution in [1.29, 1.82) is 0 Å². The standard InChI is InChI=1S/C22H31N3O2/c1-4-17(5-2)22(27)25-11-9-24(10-12-25)15-16-7-8-19-14-18(6-3)21(26)23-20(19)13-16/h7-8,13-14,17H,4-6,9-12,15H2,1-3H3,(H,23,26). The minimum atomic E-state index is 0.00989. The maximum absolute atomic E-state index is 12.5. The number of hydrogen-bond donors (Lipinski definition) is 1. The molecule has 5 nitrogen and oxygen atoms in total. The molecule has 0 spiro atoms. The number of nitrogens with zero attached hydrogens (tertiary/aromatic N) is 2. The number of benzene rings is 1. The monoisotopic (exact) mass is 369 g/mol. The van der Waals surface area contributed by atoms with E-state index in [-0.39, 0.29) is 11.5 Å². The van der Waals surface area contributed by atoms with Gasteiger partial charge in [-0.05, 0) is 42.3 Å². The first kappa shape index (κ1) is 19.6. The molecular weight excluding hydrogens is 338 g/mol. The van der Waals surface area contributed by atoms with E-state index >= 15 is 0 Å². The van der Waals surface area contributed by atoms with E-state index in [0.29, 0.717) is 5.91 Å². The maximum atomic E-state index is 12.5. The summed E-state index contributed by atoms with van der Waals surface area (Å²) in [6.07, 6.45) is 2.59. The van der Waals surface area contributed by atoms with Crippen LogP contribution in [-0.4, -0.2) is 46.9 Å². The van der Waals surface area contributed by atoms with Gasteiger partial charge < -0.3 is 9.88 Å². The van der Waals surface area contributed by atoms with Crippen molar-refractivity contribution >= 4 is 16.8 Å². The predicted octanol–water partition coefficient (Wildman–Crippen LogP) is 3.17. The zero-order valence-corrected chi connectivity index (χ0v) is 16.8. The lowest BCUT2D eigenvalue weighted by Crippen LogP contribution is -2.49. The lowest BCUT2D eigenvalue weighted by atomic mass is 10.0. The van der Waals surface area contributed by atoms with Gasteiger partial charge in [-0.1, -0.05) is 32.9 Å². The summed E-state index contributed by atoms with van der Waals surface area (Å²) in [5.41, 5.74) is 2.93. The molecule has 1 N–H and O–H groups in total. The molecule has 1 aromatic heterocycles. The molecule has 1 amide bonds. The third-order valence-corrected chi connectivity index (χ3v) is 5.79. The van der Waals surface area contributed by atoms with Crippen LogP contribution < -0.4 is 5.56 Å². The molecule has 2 heterocycles. The van der Waals surface area contributed by atoms with E-state index in [1.807, 2.05) is 17.9 Å². The summed E-state index contributed by atoms with van der Waals surface area (Å²) in [4.78, 5) is 32.0. The van der Waals surface area contributed by atoms with Crippen molar-refractivity contribution in [3.63, 3.8) is 0 Å². The van der Waals surface area contributed by atoms with Crippen LogP contribution in [0.1, 0.15) is 44.7 Å². The number of aromatic amines is 1. The molecule has 1 fully saturated rings. The highest BCUT2D eigenvalue weighted by Crippen LogP contribution is 2.18. The van der Waals surface area contributed by atoms with Crippen LogP contribution in [0.25, 0.3) is 10.9 Å². The number of H-pyrrole nitrogens is 1. The number of aryl methyl sites for hydroxylation is 1. The van der Waals surface area contributed by atoms with Crippen LogP contribution >= 0.6 is 0 Å². The molecule has 5 heteroatoms. The minimum absolute atomic E-state index is 0.00989. The summed E-state index contributed by atoms with van der Waals surface area (Å²) in [5.74, 6) is 0.483. The Balaban J connectivity index is 1.63. The highest BCUT2D eigenvalue weighted by molar-refractivity contribution is 5.80. The molecule has 1 aliphatic rings. The normalized spacial score (nSPS) is 15.6. The second-order valence-corrected chi connectivity index (χ2v) is 7.51. The summed E-state index contributed by atoms with van der Waals surface area (Å²) in [5, 5.41) is 1.08. The topological polar surface area (TPSA) is 56.4 Å². The molecule has 2 aromatic rings. The molecule has 3 rings (SSSR count). The first-order chi connectivity index (χ1) is 13.0. The number of rotatable bonds is 6. The zero-order valence-electron chi connectivity index (χ0n) is 16.8. The number of pyridine rings is 1. The number of fused-ring (bicyclic) bond motifs is 1. The van der Waals surface area contributed by atoms with Crippen LogP contribution in [0.2, 0.25) is 0 Å². The number of piperazine rings is 1. The summed E-state index contributed by atoms with van der Waals surface area (Å²) in [7, 11) is 0. The van der Waals surface area contributed by atoms with E-state index in [9.17, 15) is 9.59 Å². The van der Waals surface area contributed by atoms with Crippen LogP contribution in [0.3, 0.4) is 0 Å². The Morgan fingerprint density at radius 3 is 2.41 bits per heavy atom. The van der Waals surface area contributed by atoms with E-state index in [4.69, 9.17) is 0 Å². The van der Waals surface area contributed by atoms with Gasteiger partial charge in [0.15, 0.2) is 0 Å². The number of amides is 1. The highest BCUT2D eigenvalue weighted by Gasteiger charge is 2.25. The molecule has 1 saturated heterocycles. The van der Waals surface area contributed by atoms with Crippen molar-refractivity contribution in [2.75, 3.05) is 26.2 Å². The number of nitrogens with one attached hydrogen (secondary N) is 1. The van der Waals surface area contributed by atoms with Gasteiger partial charge in [0, 0.05) is 49.7 Å². The first-order valence-corrected chi connectivity index (χ1v) is 10.2. The summed E-state index contributed by atoms with van der Waals surface area (Å²) < 4.78 is 0. The van der Waals surface area contributed by atoms with E-state index in [1.165, 1.54) is 5.56 Å². The molecule has 1 aromatic carbocycles. The second-order valence-electron chi connectivity index (χ2n) is 7.51. The molecule has 27 heavy (non-hydrogen) atoms. The lowest BCUT2D eigenvalue weighted by Gasteiger charge is -2.36. The van der Waals surface area contributed by atoms with E-state index in [1.54, 1.807) is 0 Å². The number of carbonyl (C=O) groups is 1. The summed E-state index contributed by atoms with van der Waals surface area (Å²) in [6, 6.07) is 8.30. The molecule has 0 radical (unpaired) electrons. The zero-order chi connectivity index (χ0) is 19.4. The summed E-state index contributed by atoms with van der Waals surface area (Å²) >= 11 is 0. The number of carbonyl (C=O) groups excluding carboxylic acids is 1. The molecule has 0 aliphatic carbocycles. The molecule has 146 valence electrons. The van der Waals surface area contributed by atoms with E-state index in [0.717, 1.165) is 68.5 Å². The molecule has 0 bridgehead atoms. The fourth-order valence-corrected chi connectivity index (χ4v) is 3.94. The van der Waals surface area contributed by atoms with E-state index < -0.39 is 0 Å². The van der Waals surface area contributed by atoms with Gasteiger partial charge in [-0.2, -0.15) is 0 Å². The van der Waals surface area contributed by atoms with Crippen molar-refractivity contribution in [3.05, 3.63) is 45.7 Å². The van der Waals surface area contributed by atoms with E-state index in [2.05, 4.69) is 41.9 Å². The Labute approximate surface area is 161 Å². The molecule has 0 unspecified atom stereocenters. The van der Waals surface area contributed by atoms with Crippen molar-refractivity contribution in [1.82, 2.24) is 14.8 Å². The van der Waals surface area contributed by atoms with Gasteiger partial charge in [-0.3, -0.25) is 14.5 Å². The van der Waals surface area contributed by atoms with Gasteiger partial charge in [-0.25, -0.2) is 0 Å². The minimum Gasteiger partial charge on any atom is -0.340 e. The van der Waals surface area contributed by atoms with Crippen LogP contribution in [0.5, 0.6) is 0 Å². The summed E-state index contributed by atoms with van der Waals surface area (Å²) in [6.45, 7) is 10.4. The second kappa shape index (κ2) is 8.70. The molecule has 0 atom stereocenters. The van der Waals surface area contributed by atoms with Crippen LogP contribution in [0.4, 0.5) is 0 Å². The Morgan fingerprint density at radius 1 is 1.07 bits per heavy atom. The largest absolute Gasteiger partial charge is 0.340 e. The number of hydrogen-bond acceptors (Lipinski definition) is 3. The third kappa shape index (κ3) is 4.41. The van der Waals surface area contributed by atoms with Gasteiger partial charge in [0.1, 0.15) is 0 Å². The molecule has 0 saturated carbocycles. The quantitative estimate of drug-likeness (QED) is 0.851. The van der Waals surface area contributed by atoms with Crippen molar-refractivity contribution in [3.8, 4) is 0 Å². The maximum Gasteiger partial charge on any atom is 0.251 e. The smallest absolute Gasteiger partial charge is 0.251 e. The van der Waals surface area contributed by atoms with Gasteiger partial charge >= 0.3 is 0 Å². The average Bonchev–Trinajstić information content (AvgIpc) is 2.69. The molecule has 1 aliphatic heterocycles. The SMILES string of the molecule is CCc1cc2ccc(CN3CCN(C(=O)C(CC)CC)CC3)cc2[nH]c1=O. The van der Waals surface area contributed by atoms with Gasteiger partial charge in [0.2, 0.25) is 5.91 Å². The Hall–Kier alpha value is -2.14. The van der Waals surface area contributed by atoms with Gasteiger partial charge in [0.25, 0.3) is 5.56 Å². The Bertz CT molecular complexity index is 846. The Kier molecular flexibility index (Phi) is 6.32. The third-order valence-electron chi connectivity index (χ3n) is 5.79. The fourth-order valence-electron chi connectivity index (χ4n) is 3.94. The van der Waals surface area contributed by atoms with Crippen molar-refractivity contribution < 1.29 is 4.79 Å². The van der Waals surface area contributed by atoms with Gasteiger partial charge in [0.05, 0.1) is 0 Å². The number of aromatic nitrogens is 1. The highest BCUT2D eigenvalue weighted by atomic mass is 16.2. The lowest BCUT2D eigenvalue weighted by molar-refractivity contribution is -0.137. The predicted molar refractivity (Wildman–Crippen MR) is 110 cm³/mol. The Morgan fingerprint density at radius 2 is 1.78 bits per heavy atom. The van der Waals surface area contributed by atoms with Crippen molar-refractivity contribution in [2.45, 2.75) is 46.6 Å². The van der Waals surface area contributed by atoms with Crippen LogP contribution in [-0.2, 0) is 17.8 Å². The van der Waals surface area contributed by atoms with Crippen molar-refractivity contribution in [2.24, 2.45) is 5.92 Å².